The molecule has 1 saturated heterocycles. The van der Waals surface area contributed by atoms with E-state index < -0.39 is 6.03 Å². The molecule has 1 rings (SSSR count). The molecule has 2 amide bonds. The topological polar surface area (TPSA) is 75.8 Å². The van der Waals surface area contributed by atoms with E-state index in [0.717, 1.165) is 19.3 Å². The van der Waals surface area contributed by atoms with Crippen molar-refractivity contribution in [3.05, 3.63) is 4.91 Å². The minimum absolute atomic E-state index is 0.139. The molecule has 12 heavy (non-hydrogen) atoms. The van der Waals surface area contributed by atoms with E-state index in [4.69, 9.17) is 5.73 Å². The van der Waals surface area contributed by atoms with Gasteiger partial charge in [-0.15, -0.1) is 4.91 Å². The van der Waals surface area contributed by atoms with Crippen LogP contribution < -0.4 is 5.73 Å². The van der Waals surface area contributed by atoms with E-state index in [1.807, 2.05) is 0 Å². The van der Waals surface area contributed by atoms with Crippen molar-refractivity contribution in [2.75, 3.05) is 13.1 Å². The zero-order valence-corrected chi connectivity index (χ0v) is 6.90. The number of rotatable bonds is 2. The van der Waals surface area contributed by atoms with Gasteiger partial charge in [0.05, 0.1) is 0 Å². The van der Waals surface area contributed by atoms with Crippen LogP contribution in [0.25, 0.3) is 0 Å². The molecule has 0 spiro atoms. The second-order valence-corrected chi connectivity index (χ2v) is 2.94. The lowest BCUT2D eigenvalue weighted by atomic mass is 10.1. The lowest BCUT2D eigenvalue weighted by Gasteiger charge is -2.20. The third kappa shape index (κ3) is 1.79. The van der Waals surface area contributed by atoms with Gasteiger partial charge in [0.25, 0.3) is 0 Å². The van der Waals surface area contributed by atoms with Gasteiger partial charge in [0, 0.05) is 17.8 Å². The largest absolute Gasteiger partial charge is 0.381 e. The number of amides is 2. The highest BCUT2D eigenvalue weighted by Gasteiger charge is 2.28. The summed E-state index contributed by atoms with van der Waals surface area (Å²) in [5.74, 6) is 0. The van der Waals surface area contributed by atoms with Crippen LogP contribution in [-0.2, 0) is 0 Å². The Morgan fingerprint density at radius 2 is 2.42 bits per heavy atom. The van der Waals surface area contributed by atoms with E-state index in [-0.39, 0.29) is 6.04 Å². The Bertz CT molecular complexity index is 183. The molecular formula is C7H13N3O2. The summed E-state index contributed by atoms with van der Waals surface area (Å²) in [4.78, 5) is 22.4. The number of hydrogen-bond acceptors (Lipinski definition) is 3. The molecule has 1 aliphatic rings. The van der Waals surface area contributed by atoms with E-state index in [2.05, 4.69) is 5.18 Å². The molecule has 68 valence electrons. The first-order chi connectivity index (χ1) is 5.79. The van der Waals surface area contributed by atoms with E-state index in [9.17, 15) is 9.70 Å². The Morgan fingerprint density at radius 3 is 3.00 bits per heavy atom. The molecule has 0 aromatic rings. The minimum Gasteiger partial charge on any atom is -0.330 e. The molecule has 2 N–H and O–H groups in total. The van der Waals surface area contributed by atoms with Crippen LogP contribution in [0, 0.1) is 4.91 Å². The number of urea groups is 1. The van der Waals surface area contributed by atoms with Gasteiger partial charge >= 0.3 is 6.03 Å². The Morgan fingerprint density at radius 1 is 1.67 bits per heavy atom. The molecular weight excluding hydrogens is 158 g/mol. The maximum atomic E-state index is 10.9. The molecule has 5 nitrogen and oxygen atoms in total. The predicted octanol–water partition coefficient (Wildman–Crippen LogP) is 0.686. The number of nitroso groups, excluding NO2 is 1. The van der Waals surface area contributed by atoms with Gasteiger partial charge in [-0.1, -0.05) is 0 Å². The fourth-order valence-electron chi connectivity index (χ4n) is 1.63. The first-order valence-corrected chi connectivity index (χ1v) is 4.13. The van der Waals surface area contributed by atoms with Crippen molar-refractivity contribution in [3.8, 4) is 0 Å². The summed E-state index contributed by atoms with van der Waals surface area (Å²) in [5.41, 5.74) is 5.37. The average Bonchev–Trinajstić information content (AvgIpc) is 2.52. The molecule has 1 heterocycles. The molecule has 1 atom stereocenters. The standard InChI is InChI=1S/C7H13N3O2/c8-4-3-6-2-1-5-10(6)7(11)9-12/h6H,1-5,8H2/t6-/m1/s1. The van der Waals surface area contributed by atoms with E-state index in [1.165, 1.54) is 4.90 Å². The first kappa shape index (κ1) is 9.12. The summed E-state index contributed by atoms with van der Waals surface area (Å²) in [6, 6.07) is -0.508. The van der Waals surface area contributed by atoms with Crippen molar-refractivity contribution in [2.24, 2.45) is 10.9 Å². The van der Waals surface area contributed by atoms with Gasteiger partial charge in [0.1, 0.15) is 0 Å². The van der Waals surface area contributed by atoms with Crippen molar-refractivity contribution >= 4 is 6.03 Å². The summed E-state index contributed by atoms with van der Waals surface area (Å²) in [7, 11) is 0. The minimum atomic E-state index is -0.647. The Kier molecular flexibility index (Phi) is 3.16. The normalized spacial score (nSPS) is 22.8. The highest BCUT2D eigenvalue weighted by atomic mass is 16.3. The molecule has 0 aromatic carbocycles. The highest BCUT2D eigenvalue weighted by Crippen LogP contribution is 2.20. The quantitative estimate of drug-likeness (QED) is 0.621. The van der Waals surface area contributed by atoms with Crippen LogP contribution in [0.2, 0.25) is 0 Å². The van der Waals surface area contributed by atoms with Crippen molar-refractivity contribution < 1.29 is 4.79 Å². The van der Waals surface area contributed by atoms with Gasteiger partial charge in [0.15, 0.2) is 0 Å². The predicted molar refractivity (Wildman–Crippen MR) is 44.6 cm³/mol. The number of carbonyl (C=O) groups is 1. The zero-order chi connectivity index (χ0) is 8.97. The molecule has 1 aliphatic heterocycles. The fraction of sp³-hybridized carbons (Fsp3) is 0.857. The molecule has 0 aromatic heterocycles. The van der Waals surface area contributed by atoms with Crippen LogP contribution in [0.1, 0.15) is 19.3 Å². The van der Waals surface area contributed by atoms with Gasteiger partial charge in [-0.3, -0.25) is 0 Å². The summed E-state index contributed by atoms with van der Waals surface area (Å²) in [5, 5.41) is 2.40. The van der Waals surface area contributed by atoms with Crippen molar-refractivity contribution in [2.45, 2.75) is 25.3 Å². The first-order valence-electron chi connectivity index (χ1n) is 4.13. The lowest BCUT2D eigenvalue weighted by Crippen LogP contribution is -2.34. The van der Waals surface area contributed by atoms with Crippen molar-refractivity contribution in [1.82, 2.24) is 4.90 Å². The number of hydrogen-bond donors (Lipinski definition) is 1. The third-order valence-corrected chi connectivity index (χ3v) is 2.20. The van der Waals surface area contributed by atoms with Crippen LogP contribution in [0.4, 0.5) is 4.79 Å². The van der Waals surface area contributed by atoms with Gasteiger partial charge in [-0.25, -0.2) is 4.79 Å². The summed E-state index contributed by atoms with van der Waals surface area (Å²) >= 11 is 0. The van der Waals surface area contributed by atoms with Gasteiger partial charge < -0.3 is 10.6 Å². The van der Waals surface area contributed by atoms with Crippen molar-refractivity contribution in [1.29, 1.82) is 0 Å². The highest BCUT2D eigenvalue weighted by molar-refractivity contribution is 5.75. The van der Waals surface area contributed by atoms with Crippen LogP contribution in [-0.4, -0.2) is 30.1 Å². The Hall–Kier alpha value is -0.970. The van der Waals surface area contributed by atoms with E-state index in [1.54, 1.807) is 0 Å². The Labute approximate surface area is 70.9 Å². The molecule has 0 saturated carbocycles. The van der Waals surface area contributed by atoms with Crippen LogP contribution in [0.5, 0.6) is 0 Å². The molecule has 5 heteroatoms. The monoisotopic (exact) mass is 171 g/mol. The molecule has 0 radical (unpaired) electrons. The number of carbonyl (C=O) groups excluding carboxylic acids is 1. The summed E-state index contributed by atoms with van der Waals surface area (Å²) in [6.45, 7) is 1.20. The Balaban J connectivity index is 2.51. The second kappa shape index (κ2) is 4.15. The maximum absolute atomic E-state index is 10.9. The maximum Gasteiger partial charge on any atom is 0.381 e. The molecule has 0 bridgehead atoms. The van der Waals surface area contributed by atoms with E-state index in [0.29, 0.717) is 13.1 Å². The number of nitrogens with zero attached hydrogens (tertiary/aromatic N) is 2. The van der Waals surface area contributed by atoms with Crippen molar-refractivity contribution in [3.63, 3.8) is 0 Å². The summed E-state index contributed by atoms with van der Waals surface area (Å²) < 4.78 is 0. The van der Waals surface area contributed by atoms with Crippen LogP contribution in [0.3, 0.4) is 0 Å². The van der Waals surface area contributed by atoms with E-state index >= 15 is 0 Å². The smallest absolute Gasteiger partial charge is 0.330 e. The number of likely N-dealkylation sites (tertiary alicyclic amines) is 1. The van der Waals surface area contributed by atoms with Gasteiger partial charge in [-0.2, -0.15) is 0 Å². The lowest BCUT2D eigenvalue weighted by molar-refractivity contribution is 0.200. The fourth-order valence-corrected chi connectivity index (χ4v) is 1.63. The SMILES string of the molecule is NCC[C@H]1CCCN1C(=O)N=O. The van der Waals surface area contributed by atoms with Crippen LogP contribution in [0.15, 0.2) is 5.18 Å². The molecule has 1 fully saturated rings. The van der Waals surface area contributed by atoms with Crippen LogP contribution >= 0.6 is 0 Å². The molecule has 0 aliphatic carbocycles. The molecule has 0 unspecified atom stereocenters. The van der Waals surface area contributed by atoms with Gasteiger partial charge in [-0.05, 0) is 25.8 Å². The van der Waals surface area contributed by atoms with Gasteiger partial charge in [0.2, 0.25) is 0 Å². The summed E-state index contributed by atoms with van der Waals surface area (Å²) in [6.07, 6.45) is 2.66. The third-order valence-electron chi connectivity index (χ3n) is 2.20. The average molecular weight is 171 g/mol. The number of nitrogens with two attached hydrogens (primary N) is 1. The second-order valence-electron chi connectivity index (χ2n) is 2.94. The zero-order valence-electron chi connectivity index (χ0n) is 6.90.